The Labute approximate surface area is 117 Å². The van der Waals surface area contributed by atoms with E-state index < -0.39 is 0 Å². The minimum Gasteiger partial charge on any atom is -0.466 e. The van der Waals surface area contributed by atoms with Crippen LogP contribution in [0.3, 0.4) is 0 Å². The first-order valence-corrected chi connectivity index (χ1v) is 6.30. The lowest BCUT2D eigenvalue weighted by molar-refractivity contribution is 0.0285. The van der Waals surface area contributed by atoms with Crippen LogP contribution in [0.5, 0.6) is 5.75 Å². The van der Waals surface area contributed by atoms with Crippen molar-refractivity contribution in [2.45, 2.75) is 0 Å². The summed E-state index contributed by atoms with van der Waals surface area (Å²) in [4.78, 5) is 14.1. The Hall–Kier alpha value is -1.30. The second-order valence-electron chi connectivity index (χ2n) is 3.99. The maximum Gasteiger partial charge on any atom is 0.259 e. The fraction of sp³-hybridized carbons (Fsp3) is 0.462. The molecular weight excluding hydrogens is 270 g/mol. The second kappa shape index (κ2) is 6.75. The number of benzene rings is 1. The molecule has 0 aliphatic carbocycles. The van der Waals surface area contributed by atoms with Crippen molar-refractivity contribution in [1.29, 1.82) is 0 Å². The molecule has 1 saturated heterocycles. The fourth-order valence-electron chi connectivity index (χ4n) is 1.81. The third-order valence-electron chi connectivity index (χ3n) is 2.74. The van der Waals surface area contributed by atoms with Crippen LogP contribution in [0.4, 0.5) is 0 Å². The molecule has 6 heteroatoms. The van der Waals surface area contributed by atoms with E-state index in [9.17, 15) is 4.79 Å². The number of morpholine rings is 1. The first kappa shape index (κ1) is 14.1. The SMILES string of the molecule is COCOc1[c]ccc(Cl)c1C(=O)N1CCOCC1. The maximum atomic E-state index is 12.4. The predicted octanol–water partition coefficient (Wildman–Crippen LogP) is 1.60. The van der Waals surface area contributed by atoms with Gasteiger partial charge in [-0.25, -0.2) is 0 Å². The number of carbonyl (C=O) groups excluding carboxylic acids is 1. The molecule has 1 aliphatic heterocycles. The summed E-state index contributed by atoms with van der Waals surface area (Å²) in [6.45, 7) is 2.21. The van der Waals surface area contributed by atoms with Gasteiger partial charge in [0.15, 0.2) is 6.79 Å². The van der Waals surface area contributed by atoms with Gasteiger partial charge in [0, 0.05) is 26.3 Å². The maximum absolute atomic E-state index is 12.4. The minimum atomic E-state index is -0.170. The summed E-state index contributed by atoms with van der Waals surface area (Å²) in [7, 11) is 1.51. The standard InChI is InChI=1S/C13H15ClNO4/c1-17-9-19-11-4-2-3-10(14)12(11)13(16)15-5-7-18-8-6-15/h2-3H,5-9H2,1H3. The molecule has 0 aromatic heterocycles. The Morgan fingerprint density at radius 3 is 2.95 bits per heavy atom. The highest BCUT2D eigenvalue weighted by atomic mass is 35.5. The average Bonchev–Trinajstić information content (AvgIpc) is 2.45. The van der Waals surface area contributed by atoms with Crippen LogP contribution in [0.1, 0.15) is 10.4 Å². The summed E-state index contributed by atoms with van der Waals surface area (Å²) in [6.07, 6.45) is 0. The summed E-state index contributed by atoms with van der Waals surface area (Å²) >= 11 is 6.10. The summed E-state index contributed by atoms with van der Waals surface area (Å²) in [5, 5.41) is 0.348. The summed E-state index contributed by atoms with van der Waals surface area (Å²) < 4.78 is 15.4. The molecule has 1 aliphatic rings. The Bertz CT molecular complexity index is 446. The Morgan fingerprint density at radius 1 is 1.53 bits per heavy atom. The van der Waals surface area contributed by atoms with E-state index in [0.29, 0.717) is 42.6 Å². The van der Waals surface area contributed by atoms with E-state index >= 15 is 0 Å². The molecule has 1 amide bonds. The molecule has 103 valence electrons. The van der Waals surface area contributed by atoms with Crippen LogP contribution >= 0.6 is 11.6 Å². The van der Waals surface area contributed by atoms with Gasteiger partial charge in [0.1, 0.15) is 11.3 Å². The predicted molar refractivity (Wildman–Crippen MR) is 69.5 cm³/mol. The molecule has 1 fully saturated rings. The largest absolute Gasteiger partial charge is 0.466 e. The monoisotopic (exact) mass is 284 g/mol. The Balaban J connectivity index is 2.23. The zero-order valence-electron chi connectivity index (χ0n) is 10.6. The van der Waals surface area contributed by atoms with Crippen molar-refractivity contribution in [3.05, 3.63) is 28.8 Å². The molecular formula is C13H15ClNO4. The van der Waals surface area contributed by atoms with E-state index in [1.54, 1.807) is 17.0 Å². The third-order valence-corrected chi connectivity index (χ3v) is 3.06. The summed E-state index contributed by atoms with van der Waals surface area (Å²) in [5.74, 6) is 0.141. The van der Waals surface area contributed by atoms with Crippen LogP contribution in [0.15, 0.2) is 12.1 Å². The van der Waals surface area contributed by atoms with Crippen molar-refractivity contribution in [3.8, 4) is 5.75 Å². The first-order valence-electron chi connectivity index (χ1n) is 5.93. The molecule has 0 atom stereocenters. The van der Waals surface area contributed by atoms with Gasteiger partial charge in [0.25, 0.3) is 5.91 Å². The van der Waals surface area contributed by atoms with Gasteiger partial charge in [-0.15, -0.1) is 0 Å². The van der Waals surface area contributed by atoms with Crippen LogP contribution in [0.2, 0.25) is 5.02 Å². The second-order valence-corrected chi connectivity index (χ2v) is 4.39. The lowest BCUT2D eigenvalue weighted by Crippen LogP contribution is -2.41. The molecule has 1 heterocycles. The van der Waals surface area contributed by atoms with Gasteiger partial charge in [0.2, 0.25) is 0 Å². The first-order chi connectivity index (χ1) is 9.24. The van der Waals surface area contributed by atoms with Crippen molar-refractivity contribution in [2.24, 2.45) is 0 Å². The number of hydrogen-bond acceptors (Lipinski definition) is 4. The molecule has 5 nitrogen and oxygen atoms in total. The van der Waals surface area contributed by atoms with Crippen LogP contribution < -0.4 is 4.74 Å². The smallest absolute Gasteiger partial charge is 0.259 e. The Kier molecular flexibility index (Phi) is 5.01. The molecule has 1 aromatic rings. The highest BCUT2D eigenvalue weighted by Gasteiger charge is 2.24. The quantitative estimate of drug-likeness (QED) is 0.788. The van der Waals surface area contributed by atoms with E-state index in [-0.39, 0.29) is 12.7 Å². The highest BCUT2D eigenvalue weighted by molar-refractivity contribution is 6.34. The van der Waals surface area contributed by atoms with E-state index in [2.05, 4.69) is 6.07 Å². The van der Waals surface area contributed by atoms with Crippen molar-refractivity contribution in [1.82, 2.24) is 4.90 Å². The van der Waals surface area contributed by atoms with Gasteiger partial charge in [0.05, 0.1) is 18.2 Å². The highest BCUT2D eigenvalue weighted by Crippen LogP contribution is 2.27. The minimum absolute atomic E-state index is 0.0419. The normalized spacial score (nSPS) is 15.4. The lowest BCUT2D eigenvalue weighted by Gasteiger charge is -2.27. The number of methoxy groups -OCH3 is 1. The molecule has 0 saturated carbocycles. The van der Waals surface area contributed by atoms with Crippen molar-refractivity contribution in [2.75, 3.05) is 40.2 Å². The van der Waals surface area contributed by atoms with Crippen LogP contribution in [-0.4, -0.2) is 51.0 Å². The molecule has 0 N–H and O–H groups in total. The zero-order valence-corrected chi connectivity index (χ0v) is 11.4. The fourth-order valence-corrected chi connectivity index (χ4v) is 2.04. The molecule has 0 spiro atoms. The molecule has 1 radical (unpaired) electrons. The number of ether oxygens (including phenoxy) is 3. The van der Waals surface area contributed by atoms with Gasteiger partial charge in [-0.1, -0.05) is 11.6 Å². The topological polar surface area (TPSA) is 48.0 Å². The van der Waals surface area contributed by atoms with Crippen LogP contribution in [-0.2, 0) is 9.47 Å². The third kappa shape index (κ3) is 3.37. The Morgan fingerprint density at radius 2 is 2.26 bits per heavy atom. The number of halogens is 1. The number of nitrogens with zero attached hydrogens (tertiary/aromatic N) is 1. The molecule has 2 rings (SSSR count). The number of rotatable bonds is 4. The van der Waals surface area contributed by atoms with Crippen molar-refractivity contribution < 1.29 is 19.0 Å². The number of amides is 1. The van der Waals surface area contributed by atoms with Crippen LogP contribution in [0, 0.1) is 6.07 Å². The van der Waals surface area contributed by atoms with Crippen molar-refractivity contribution in [3.63, 3.8) is 0 Å². The van der Waals surface area contributed by atoms with Gasteiger partial charge in [-0.05, 0) is 12.1 Å². The molecule has 0 bridgehead atoms. The van der Waals surface area contributed by atoms with E-state index in [0.717, 1.165) is 0 Å². The average molecular weight is 285 g/mol. The van der Waals surface area contributed by atoms with E-state index in [1.807, 2.05) is 0 Å². The molecule has 19 heavy (non-hydrogen) atoms. The van der Waals surface area contributed by atoms with Gasteiger partial charge >= 0.3 is 0 Å². The van der Waals surface area contributed by atoms with Gasteiger partial charge in [-0.2, -0.15) is 0 Å². The zero-order chi connectivity index (χ0) is 13.7. The lowest BCUT2D eigenvalue weighted by atomic mass is 10.1. The molecule has 0 unspecified atom stereocenters. The number of hydrogen-bond donors (Lipinski definition) is 0. The van der Waals surface area contributed by atoms with E-state index in [1.165, 1.54) is 7.11 Å². The van der Waals surface area contributed by atoms with Crippen LogP contribution in [0.25, 0.3) is 0 Å². The van der Waals surface area contributed by atoms with E-state index in [4.69, 9.17) is 25.8 Å². The van der Waals surface area contributed by atoms with Gasteiger partial charge in [-0.3, -0.25) is 4.79 Å². The molecule has 1 aromatic carbocycles. The van der Waals surface area contributed by atoms with Crippen molar-refractivity contribution >= 4 is 17.5 Å². The summed E-state index contributed by atoms with van der Waals surface area (Å²) in [5.41, 5.74) is 0.322. The summed E-state index contributed by atoms with van der Waals surface area (Å²) in [6, 6.07) is 6.10. The van der Waals surface area contributed by atoms with Gasteiger partial charge < -0.3 is 19.1 Å². The number of carbonyl (C=O) groups is 1.